The van der Waals surface area contributed by atoms with Crippen molar-refractivity contribution in [3.8, 4) is 0 Å². The minimum Gasteiger partial charge on any atom is -0.459 e. The maximum Gasteiger partial charge on any atom is 0.306 e. The number of ether oxygens (including phenoxy) is 1. The number of nitrogens with one attached hydrogen (secondary N) is 1. The number of hydrogen-bond donors (Lipinski definition) is 1. The number of esters is 1. The molecule has 3 aliphatic carbocycles. The summed E-state index contributed by atoms with van der Waals surface area (Å²) in [4.78, 5) is 30.9. The van der Waals surface area contributed by atoms with Gasteiger partial charge < -0.3 is 15.0 Å². The standard InChI is InChI=1S/C26H43N3O3/c1-24-9-6-21-19-5-4-8-25(2,20(19)7-10-26(21,18-24)17-22(30)32-24)23(31)27-11-12-29-15-13-28(3)14-16-29/h19-21H,4-18H2,1-3H3,(H,27,31)/t19?,20-,21-,24-,25+,26-/m0/s1. The van der Waals surface area contributed by atoms with Crippen LogP contribution in [0.5, 0.6) is 0 Å². The Hall–Kier alpha value is -1.14. The van der Waals surface area contributed by atoms with Gasteiger partial charge in [0.25, 0.3) is 0 Å². The predicted molar refractivity (Wildman–Crippen MR) is 124 cm³/mol. The molecular formula is C26H43N3O3. The van der Waals surface area contributed by atoms with Crippen molar-refractivity contribution in [2.45, 2.75) is 77.2 Å². The smallest absolute Gasteiger partial charge is 0.306 e. The number of carbonyl (C=O) groups excluding carboxylic acids is 2. The molecule has 180 valence electrons. The van der Waals surface area contributed by atoms with Gasteiger partial charge in [0.05, 0.1) is 6.42 Å². The monoisotopic (exact) mass is 445 g/mol. The molecule has 0 aromatic carbocycles. The zero-order valence-corrected chi connectivity index (χ0v) is 20.5. The van der Waals surface area contributed by atoms with E-state index in [4.69, 9.17) is 4.74 Å². The van der Waals surface area contributed by atoms with Crippen LogP contribution in [0.15, 0.2) is 0 Å². The summed E-state index contributed by atoms with van der Waals surface area (Å²) in [6, 6.07) is 0. The van der Waals surface area contributed by atoms with Crippen molar-refractivity contribution in [3.63, 3.8) is 0 Å². The van der Waals surface area contributed by atoms with Crippen molar-refractivity contribution < 1.29 is 14.3 Å². The molecule has 2 heterocycles. The zero-order valence-electron chi connectivity index (χ0n) is 20.5. The van der Waals surface area contributed by atoms with Crippen LogP contribution in [-0.2, 0) is 14.3 Å². The van der Waals surface area contributed by atoms with Crippen LogP contribution in [0.2, 0.25) is 0 Å². The Morgan fingerprint density at radius 1 is 1.06 bits per heavy atom. The summed E-state index contributed by atoms with van der Waals surface area (Å²) in [5.41, 5.74) is -0.389. The van der Waals surface area contributed by atoms with Gasteiger partial charge >= 0.3 is 5.97 Å². The number of hydrogen-bond acceptors (Lipinski definition) is 5. The van der Waals surface area contributed by atoms with Crippen LogP contribution < -0.4 is 5.32 Å². The van der Waals surface area contributed by atoms with E-state index in [1.54, 1.807) is 0 Å². The third kappa shape index (κ3) is 3.89. The third-order valence-corrected chi connectivity index (χ3v) is 10.2. The van der Waals surface area contributed by atoms with Gasteiger partial charge in [0.15, 0.2) is 0 Å². The quantitative estimate of drug-likeness (QED) is 0.674. The molecule has 1 spiro atoms. The Bertz CT molecular complexity index is 751. The fourth-order valence-corrected chi connectivity index (χ4v) is 8.54. The summed E-state index contributed by atoms with van der Waals surface area (Å²) in [6.07, 6.45) is 9.34. The molecule has 5 aliphatic rings. The molecule has 0 aromatic rings. The number of nitrogens with zero attached hydrogens (tertiary/aromatic N) is 2. The van der Waals surface area contributed by atoms with Gasteiger partial charge in [-0.15, -0.1) is 0 Å². The van der Waals surface area contributed by atoms with Crippen LogP contribution in [0.1, 0.15) is 71.6 Å². The Balaban J connectivity index is 1.25. The molecule has 1 unspecified atom stereocenters. The molecular weight excluding hydrogens is 402 g/mol. The van der Waals surface area contributed by atoms with E-state index in [-0.39, 0.29) is 28.3 Å². The molecule has 32 heavy (non-hydrogen) atoms. The van der Waals surface area contributed by atoms with Crippen LogP contribution in [0.3, 0.4) is 0 Å². The lowest BCUT2D eigenvalue weighted by Gasteiger charge is -2.62. The SMILES string of the molecule is CN1CCN(CCNC(=O)[C@]2(C)CCCC3[C@@H]4CC[C@@]5(C)C[C@]4(CC[C@@H]32)CC(=O)O5)CC1. The zero-order chi connectivity index (χ0) is 22.6. The number of fused-ring (bicyclic) bond motifs is 3. The van der Waals surface area contributed by atoms with Gasteiger partial charge in [-0.05, 0) is 82.1 Å². The first-order valence-corrected chi connectivity index (χ1v) is 13.1. The van der Waals surface area contributed by atoms with Crippen molar-refractivity contribution in [3.05, 3.63) is 0 Å². The van der Waals surface area contributed by atoms with Gasteiger partial charge in [-0.1, -0.05) is 13.3 Å². The summed E-state index contributed by atoms with van der Waals surface area (Å²) in [6.45, 7) is 10.5. The van der Waals surface area contributed by atoms with Crippen molar-refractivity contribution >= 4 is 11.9 Å². The Morgan fingerprint density at radius 2 is 1.81 bits per heavy atom. The average Bonchev–Trinajstić information content (AvgIpc) is 2.73. The second kappa shape index (κ2) is 8.26. The van der Waals surface area contributed by atoms with Crippen molar-refractivity contribution in [1.29, 1.82) is 0 Å². The Morgan fingerprint density at radius 3 is 2.59 bits per heavy atom. The molecule has 0 aromatic heterocycles. The maximum atomic E-state index is 13.5. The van der Waals surface area contributed by atoms with Gasteiger partial charge in [-0.3, -0.25) is 14.5 Å². The first kappa shape index (κ1) is 22.6. The summed E-state index contributed by atoms with van der Waals surface area (Å²) in [7, 11) is 2.18. The van der Waals surface area contributed by atoms with Crippen molar-refractivity contribution in [2.75, 3.05) is 46.3 Å². The van der Waals surface area contributed by atoms with Crippen LogP contribution >= 0.6 is 0 Å². The minimum absolute atomic E-state index is 0.0159. The van der Waals surface area contributed by atoms with E-state index in [0.29, 0.717) is 24.2 Å². The van der Waals surface area contributed by atoms with E-state index < -0.39 is 0 Å². The van der Waals surface area contributed by atoms with Crippen molar-refractivity contribution in [1.82, 2.24) is 15.1 Å². The molecule has 6 heteroatoms. The fraction of sp³-hybridized carbons (Fsp3) is 0.923. The fourth-order valence-electron chi connectivity index (χ4n) is 8.54. The summed E-state index contributed by atoms with van der Waals surface area (Å²) in [5, 5.41) is 3.34. The molecule has 1 amide bonds. The highest BCUT2D eigenvalue weighted by molar-refractivity contribution is 5.82. The molecule has 5 fully saturated rings. The van der Waals surface area contributed by atoms with Crippen molar-refractivity contribution in [2.24, 2.45) is 28.6 Å². The average molecular weight is 446 g/mol. The number of rotatable bonds is 4. The molecule has 1 N–H and O–H groups in total. The second-order valence-corrected chi connectivity index (χ2v) is 12.3. The molecule has 5 rings (SSSR count). The number of carbonyl (C=O) groups is 2. The minimum atomic E-state index is -0.261. The number of likely N-dealkylation sites (N-methyl/N-ethyl adjacent to an activating group) is 1. The normalized spacial score (nSPS) is 44.8. The molecule has 6 nitrogen and oxygen atoms in total. The van der Waals surface area contributed by atoms with E-state index in [1.807, 2.05) is 0 Å². The van der Waals surface area contributed by atoms with Crippen LogP contribution in [0, 0.1) is 28.6 Å². The lowest BCUT2D eigenvalue weighted by atomic mass is 9.44. The first-order chi connectivity index (χ1) is 15.2. The van der Waals surface area contributed by atoms with Gasteiger partial charge in [-0.2, -0.15) is 0 Å². The van der Waals surface area contributed by atoms with E-state index in [2.05, 4.69) is 36.0 Å². The Kier molecular flexibility index (Phi) is 5.85. The summed E-state index contributed by atoms with van der Waals surface area (Å²) in [5.74, 6) is 1.92. The van der Waals surface area contributed by atoms with Gasteiger partial charge in [0.2, 0.25) is 5.91 Å². The van der Waals surface area contributed by atoms with E-state index in [0.717, 1.165) is 84.2 Å². The van der Waals surface area contributed by atoms with E-state index in [1.165, 1.54) is 6.42 Å². The van der Waals surface area contributed by atoms with E-state index >= 15 is 0 Å². The van der Waals surface area contributed by atoms with Crippen LogP contribution in [0.4, 0.5) is 0 Å². The van der Waals surface area contributed by atoms with Crippen LogP contribution in [0.25, 0.3) is 0 Å². The largest absolute Gasteiger partial charge is 0.459 e. The molecule has 0 radical (unpaired) electrons. The highest BCUT2D eigenvalue weighted by Crippen LogP contribution is 2.65. The first-order valence-electron chi connectivity index (χ1n) is 13.1. The third-order valence-electron chi connectivity index (χ3n) is 10.2. The summed E-state index contributed by atoms with van der Waals surface area (Å²) < 4.78 is 5.79. The maximum absolute atomic E-state index is 13.5. The highest BCUT2D eigenvalue weighted by Gasteiger charge is 2.62. The number of piperazine rings is 1. The van der Waals surface area contributed by atoms with Gasteiger partial charge in [-0.25, -0.2) is 0 Å². The van der Waals surface area contributed by atoms with E-state index in [9.17, 15) is 9.59 Å². The number of amides is 1. The van der Waals surface area contributed by atoms with Gasteiger partial charge in [0.1, 0.15) is 5.60 Å². The lowest BCUT2D eigenvalue weighted by molar-refractivity contribution is -0.211. The van der Waals surface area contributed by atoms with Gasteiger partial charge in [0, 0.05) is 44.7 Å². The molecule has 2 aliphatic heterocycles. The predicted octanol–water partition coefficient (Wildman–Crippen LogP) is 3.06. The second-order valence-electron chi connectivity index (χ2n) is 12.3. The topological polar surface area (TPSA) is 61.9 Å². The molecule has 3 saturated carbocycles. The van der Waals surface area contributed by atoms with Crippen LogP contribution in [-0.4, -0.2) is 73.6 Å². The lowest BCUT2D eigenvalue weighted by Crippen LogP contribution is -2.60. The highest BCUT2D eigenvalue weighted by atomic mass is 16.6. The Labute approximate surface area is 193 Å². The summed E-state index contributed by atoms with van der Waals surface area (Å²) >= 11 is 0. The molecule has 2 bridgehead atoms. The molecule has 6 atom stereocenters. The molecule has 2 saturated heterocycles.